The fourth-order valence-corrected chi connectivity index (χ4v) is 6.29. The first kappa shape index (κ1) is 24.6. The SMILES string of the molecule is CC(C)[C@H]1CC[C@@H](C)c2c1nn(C(=O)[C@H]1CON(c3ccccc3)[C@H]1c1ccccc1)c2-c1ccccc1. The summed E-state index contributed by atoms with van der Waals surface area (Å²) in [6.45, 7) is 7.11. The van der Waals surface area contributed by atoms with Gasteiger partial charge in [-0.15, -0.1) is 0 Å². The van der Waals surface area contributed by atoms with Crippen LogP contribution in [0.15, 0.2) is 91.0 Å². The highest BCUT2D eigenvalue weighted by Gasteiger charge is 2.44. The predicted octanol–water partition coefficient (Wildman–Crippen LogP) is 7.64. The summed E-state index contributed by atoms with van der Waals surface area (Å²) < 4.78 is 1.73. The van der Waals surface area contributed by atoms with Gasteiger partial charge in [0.25, 0.3) is 5.91 Å². The number of nitrogens with zero attached hydrogens (tertiary/aromatic N) is 3. The number of hydrogen-bond acceptors (Lipinski definition) is 4. The number of benzene rings is 3. The molecular formula is C33H35N3O2. The van der Waals surface area contributed by atoms with Crippen molar-refractivity contribution in [3.63, 3.8) is 0 Å². The van der Waals surface area contributed by atoms with Crippen LogP contribution in [0.25, 0.3) is 11.3 Å². The number of anilines is 1. The molecule has 0 N–H and O–H groups in total. The Bertz CT molecular complexity index is 1400. The fourth-order valence-electron chi connectivity index (χ4n) is 6.29. The molecule has 5 heteroatoms. The minimum absolute atomic E-state index is 0.0137. The maximum Gasteiger partial charge on any atom is 0.255 e. The summed E-state index contributed by atoms with van der Waals surface area (Å²) in [6, 6.07) is 30.3. The fraction of sp³-hybridized carbons (Fsp3) is 0.333. The van der Waals surface area contributed by atoms with Gasteiger partial charge in [0.05, 0.1) is 35.6 Å². The predicted molar refractivity (Wildman–Crippen MR) is 151 cm³/mol. The molecule has 1 aliphatic heterocycles. The van der Waals surface area contributed by atoms with Crippen LogP contribution in [0.4, 0.5) is 5.69 Å². The Morgan fingerprint density at radius 3 is 2.18 bits per heavy atom. The molecule has 1 fully saturated rings. The highest BCUT2D eigenvalue weighted by molar-refractivity contribution is 5.88. The smallest absolute Gasteiger partial charge is 0.255 e. The van der Waals surface area contributed by atoms with E-state index < -0.39 is 5.92 Å². The monoisotopic (exact) mass is 505 g/mol. The first-order valence-electron chi connectivity index (χ1n) is 13.8. The third kappa shape index (κ3) is 4.25. The number of fused-ring (bicyclic) bond motifs is 1. The second-order valence-corrected chi connectivity index (χ2v) is 11.0. The van der Waals surface area contributed by atoms with Crippen molar-refractivity contribution < 1.29 is 9.63 Å². The average Bonchev–Trinajstić information content (AvgIpc) is 3.58. The normalized spacial score (nSPS) is 23.0. The third-order valence-corrected chi connectivity index (χ3v) is 8.26. The summed E-state index contributed by atoms with van der Waals surface area (Å²) in [7, 11) is 0. The largest absolute Gasteiger partial charge is 0.272 e. The summed E-state index contributed by atoms with van der Waals surface area (Å²) in [5.41, 5.74) is 6.33. The molecule has 194 valence electrons. The number of carbonyl (C=O) groups excluding carboxylic acids is 1. The Morgan fingerprint density at radius 1 is 0.895 bits per heavy atom. The molecule has 3 aromatic carbocycles. The van der Waals surface area contributed by atoms with Crippen molar-refractivity contribution in [2.24, 2.45) is 11.8 Å². The summed E-state index contributed by atoms with van der Waals surface area (Å²) in [5, 5.41) is 7.05. The van der Waals surface area contributed by atoms with Crippen molar-refractivity contribution in [3.8, 4) is 11.3 Å². The minimum Gasteiger partial charge on any atom is -0.272 e. The van der Waals surface area contributed by atoms with Crippen molar-refractivity contribution in [2.45, 2.75) is 51.5 Å². The lowest BCUT2D eigenvalue weighted by molar-refractivity contribution is 0.0790. The van der Waals surface area contributed by atoms with Crippen molar-refractivity contribution in [2.75, 3.05) is 11.7 Å². The van der Waals surface area contributed by atoms with E-state index in [9.17, 15) is 4.79 Å². The van der Waals surface area contributed by atoms with Crippen LogP contribution >= 0.6 is 0 Å². The van der Waals surface area contributed by atoms with Crippen LogP contribution in [0.1, 0.15) is 73.1 Å². The van der Waals surface area contributed by atoms with Crippen molar-refractivity contribution >= 4 is 11.6 Å². The van der Waals surface area contributed by atoms with Crippen LogP contribution < -0.4 is 5.06 Å². The number of para-hydroxylation sites is 1. The van der Waals surface area contributed by atoms with Crippen LogP contribution in [0, 0.1) is 11.8 Å². The molecule has 2 heterocycles. The molecule has 0 spiro atoms. The molecule has 0 saturated carbocycles. The Kier molecular flexibility index (Phi) is 6.62. The Morgan fingerprint density at radius 2 is 1.53 bits per heavy atom. The summed E-state index contributed by atoms with van der Waals surface area (Å²) >= 11 is 0. The van der Waals surface area contributed by atoms with Gasteiger partial charge in [-0.1, -0.05) is 99.6 Å². The van der Waals surface area contributed by atoms with Crippen LogP contribution in [-0.4, -0.2) is 22.3 Å². The van der Waals surface area contributed by atoms with Gasteiger partial charge < -0.3 is 0 Å². The van der Waals surface area contributed by atoms with Crippen molar-refractivity contribution in [1.29, 1.82) is 0 Å². The molecule has 0 amide bonds. The maximum absolute atomic E-state index is 14.6. The summed E-state index contributed by atoms with van der Waals surface area (Å²) in [5.74, 6) is 0.740. The number of hydrogen-bond donors (Lipinski definition) is 0. The molecule has 5 nitrogen and oxygen atoms in total. The first-order chi connectivity index (χ1) is 18.5. The molecule has 6 rings (SSSR count). The third-order valence-electron chi connectivity index (χ3n) is 8.26. The molecule has 38 heavy (non-hydrogen) atoms. The van der Waals surface area contributed by atoms with Gasteiger partial charge in [-0.2, -0.15) is 9.78 Å². The maximum atomic E-state index is 14.6. The van der Waals surface area contributed by atoms with E-state index in [1.807, 2.05) is 71.8 Å². The van der Waals surface area contributed by atoms with E-state index >= 15 is 0 Å². The number of carbonyl (C=O) groups is 1. The molecule has 1 aliphatic carbocycles. The quantitative estimate of drug-likeness (QED) is 0.280. The van der Waals surface area contributed by atoms with Gasteiger partial charge in [0.1, 0.15) is 0 Å². The summed E-state index contributed by atoms with van der Waals surface area (Å²) in [6.07, 6.45) is 2.21. The van der Waals surface area contributed by atoms with Crippen LogP contribution in [0.3, 0.4) is 0 Å². The highest BCUT2D eigenvalue weighted by atomic mass is 16.7. The topological polar surface area (TPSA) is 47.4 Å². The molecule has 4 aromatic rings. The van der Waals surface area contributed by atoms with Gasteiger partial charge in [-0.25, -0.2) is 5.06 Å². The zero-order valence-electron chi connectivity index (χ0n) is 22.3. The van der Waals surface area contributed by atoms with Gasteiger partial charge in [0, 0.05) is 17.0 Å². The van der Waals surface area contributed by atoms with E-state index in [1.165, 1.54) is 5.56 Å². The van der Waals surface area contributed by atoms with Crippen LogP contribution in [0.2, 0.25) is 0 Å². The van der Waals surface area contributed by atoms with Crippen LogP contribution in [-0.2, 0) is 4.84 Å². The zero-order chi connectivity index (χ0) is 26.2. The van der Waals surface area contributed by atoms with E-state index in [-0.39, 0.29) is 11.9 Å². The van der Waals surface area contributed by atoms with Gasteiger partial charge in [-0.3, -0.25) is 9.63 Å². The second kappa shape index (κ2) is 10.2. The van der Waals surface area contributed by atoms with Gasteiger partial charge >= 0.3 is 0 Å². The second-order valence-electron chi connectivity index (χ2n) is 11.0. The van der Waals surface area contributed by atoms with E-state index in [2.05, 4.69) is 45.0 Å². The lowest BCUT2D eigenvalue weighted by Gasteiger charge is -2.29. The number of hydroxylamine groups is 1. The number of aromatic nitrogens is 2. The molecule has 0 bridgehead atoms. The lowest BCUT2D eigenvalue weighted by atomic mass is 9.75. The van der Waals surface area contributed by atoms with E-state index in [1.54, 1.807) is 4.68 Å². The molecular weight excluding hydrogens is 470 g/mol. The molecule has 0 unspecified atom stereocenters. The average molecular weight is 506 g/mol. The van der Waals surface area contributed by atoms with E-state index in [0.717, 1.165) is 41.0 Å². The summed E-state index contributed by atoms with van der Waals surface area (Å²) in [4.78, 5) is 20.9. The zero-order valence-corrected chi connectivity index (χ0v) is 22.3. The van der Waals surface area contributed by atoms with Gasteiger partial charge in [0.2, 0.25) is 0 Å². The van der Waals surface area contributed by atoms with Crippen molar-refractivity contribution in [3.05, 3.63) is 108 Å². The Hall–Kier alpha value is -3.70. The Labute approximate surface area is 225 Å². The van der Waals surface area contributed by atoms with Gasteiger partial charge in [0.15, 0.2) is 0 Å². The highest BCUT2D eigenvalue weighted by Crippen LogP contribution is 2.47. The lowest BCUT2D eigenvalue weighted by Crippen LogP contribution is -2.32. The molecule has 4 atom stereocenters. The van der Waals surface area contributed by atoms with E-state index in [4.69, 9.17) is 9.94 Å². The molecule has 1 aromatic heterocycles. The van der Waals surface area contributed by atoms with Crippen LogP contribution in [0.5, 0.6) is 0 Å². The minimum atomic E-state index is -0.408. The standard InChI is InChI=1S/C33H35N3O2/c1-22(2)27-20-19-23(3)29-30(27)34-35(32(29)25-15-9-5-10-16-25)33(37)28-21-38-36(26-17-11-6-12-18-26)31(28)24-13-7-4-8-14-24/h4-18,22-23,27-28,31H,19-21H2,1-3H3/t23-,27-,28+,31+/m1/s1. The first-order valence-corrected chi connectivity index (χ1v) is 13.8. The number of rotatable bonds is 5. The van der Waals surface area contributed by atoms with Gasteiger partial charge in [-0.05, 0) is 42.4 Å². The van der Waals surface area contributed by atoms with E-state index in [0.29, 0.717) is 24.4 Å². The molecule has 2 aliphatic rings. The molecule has 0 radical (unpaired) electrons. The van der Waals surface area contributed by atoms with Crippen molar-refractivity contribution in [1.82, 2.24) is 9.78 Å². The Balaban J connectivity index is 1.49. The molecule has 1 saturated heterocycles.